The lowest BCUT2D eigenvalue weighted by Gasteiger charge is -2.13. The van der Waals surface area contributed by atoms with Gasteiger partial charge in [0.15, 0.2) is 16.3 Å². The summed E-state index contributed by atoms with van der Waals surface area (Å²) in [6.45, 7) is 3.74. The molecule has 0 saturated carbocycles. The lowest BCUT2D eigenvalue weighted by atomic mass is 9.96. The topological polar surface area (TPSA) is 72.5 Å². The Labute approximate surface area is 103 Å². The molecule has 0 radical (unpaired) electrons. The third kappa shape index (κ3) is 2.96. The quantitative estimate of drug-likeness (QED) is 0.888. The zero-order valence-electron chi connectivity index (χ0n) is 9.16. The molecule has 5 heteroatoms. The zero-order chi connectivity index (χ0) is 12.3. The van der Waals surface area contributed by atoms with Gasteiger partial charge in [0.2, 0.25) is 0 Å². The summed E-state index contributed by atoms with van der Waals surface area (Å²) < 4.78 is 4.39. The Morgan fingerprint density at radius 2 is 2.00 bits per heavy atom. The summed E-state index contributed by atoms with van der Waals surface area (Å²) in [6, 6.07) is 2.59. The van der Waals surface area contributed by atoms with Crippen molar-refractivity contribution in [1.82, 2.24) is 0 Å². The Hall–Kier alpha value is -1.07. The molecule has 4 nitrogen and oxygen atoms in total. The normalized spacial score (nSPS) is 12.2. The zero-order valence-corrected chi connectivity index (χ0v) is 10.7. The first-order valence-corrected chi connectivity index (χ1v) is 5.47. The molecule has 0 unspecified atom stereocenters. The molecule has 0 aliphatic carbocycles. The molecule has 0 saturated heterocycles. The Kier molecular flexibility index (Phi) is 4.32. The molecule has 0 aliphatic rings. The maximum Gasteiger partial charge on any atom is 0.334 e. The van der Waals surface area contributed by atoms with E-state index in [2.05, 4.69) is 20.1 Å². The van der Waals surface area contributed by atoms with E-state index in [4.69, 9.17) is 5.73 Å². The molecule has 1 rings (SSSR count). The largest absolute Gasteiger partial charge is 0.508 e. The number of hydrogen-bond donors (Lipinski definition) is 2. The summed E-state index contributed by atoms with van der Waals surface area (Å²) in [5, 5.41) is 9.38. The third-order valence-electron chi connectivity index (χ3n) is 2.48. The molecule has 0 aliphatic heterocycles. The van der Waals surface area contributed by atoms with Crippen molar-refractivity contribution >= 4 is 22.2 Å². The van der Waals surface area contributed by atoms with Gasteiger partial charge in [0.1, 0.15) is 11.8 Å². The molecule has 0 heterocycles. The van der Waals surface area contributed by atoms with Gasteiger partial charge in [-0.15, -0.1) is 0 Å². The molecular weight excluding hydrogens is 274 g/mol. The van der Waals surface area contributed by atoms with Gasteiger partial charge in [0, 0.05) is 0 Å². The van der Waals surface area contributed by atoms with Gasteiger partial charge < -0.3 is 14.7 Å². The lowest BCUT2D eigenvalue weighted by Crippen LogP contribution is -2.33. The van der Waals surface area contributed by atoms with Crippen LogP contribution in [0.4, 0.5) is 0 Å². The Balaban J connectivity index is 2.93. The minimum absolute atomic E-state index is 0.218. The van der Waals surface area contributed by atoms with E-state index < -0.39 is 12.0 Å². The molecule has 0 fully saturated rings. The molecule has 88 valence electrons. The van der Waals surface area contributed by atoms with Crippen molar-refractivity contribution in [3.63, 3.8) is 0 Å². The van der Waals surface area contributed by atoms with Gasteiger partial charge in [-0.25, -0.2) is 4.79 Å². The van der Waals surface area contributed by atoms with Crippen molar-refractivity contribution < 1.29 is 13.7 Å². The minimum atomic E-state index is -0.707. The number of phenols is 1. The summed E-state index contributed by atoms with van der Waals surface area (Å²) in [4.78, 5) is 11.2. The maximum atomic E-state index is 11.2. The van der Waals surface area contributed by atoms with Crippen LogP contribution in [-0.2, 0) is 15.0 Å². The monoisotopic (exact) mass is 287 g/mol. The van der Waals surface area contributed by atoms with Gasteiger partial charge in [-0.1, -0.05) is 0 Å². The number of aryl methyl sites for hydroxylation is 2. The van der Waals surface area contributed by atoms with Crippen LogP contribution in [0, 0.1) is 13.8 Å². The average molecular weight is 288 g/mol. The predicted molar refractivity (Wildman–Crippen MR) is 64.3 cm³/mol. The van der Waals surface area contributed by atoms with Crippen molar-refractivity contribution in [2.24, 2.45) is 5.73 Å². The SMILES string of the molecule is Cc1cc(O)cc(C)c1C[C@H](N)C(=O)OBr. The van der Waals surface area contributed by atoms with Crippen LogP contribution in [0.5, 0.6) is 5.75 Å². The van der Waals surface area contributed by atoms with E-state index in [0.717, 1.165) is 16.7 Å². The molecule has 1 aromatic carbocycles. The number of nitrogens with two attached hydrogens (primary N) is 1. The highest BCUT2D eigenvalue weighted by atomic mass is 79.9. The Bertz CT molecular complexity index is 383. The standard InChI is InChI=1S/C11H14BrNO3/c1-6-3-8(14)4-7(2)9(6)5-10(13)11(15)16-12/h3-4,10,14H,5,13H2,1-2H3/t10-/m0/s1. The first kappa shape index (κ1) is 13.0. The number of halogens is 1. The van der Waals surface area contributed by atoms with Crippen LogP contribution in [-0.4, -0.2) is 17.1 Å². The number of hydrogen-bond acceptors (Lipinski definition) is 4. The van der Waals surface area contributed by atoms with E-state index in [1.807, 2.05) is 13.8 Å². The molecule has 1 aromatic rings. The summed E-state index contributed by atoms with van der Waals surface area (Å²) in [5.41, 5.74) is 8.45. The van der Waals surface area contributed by atoms with E-state index in [1.54, 1.807) is 12.1 Å². The van der Waals surface area contributed by atoms with Crippen LogP contribution in [0.25, 0.3) is 0 Å². The van der Waals surface area contributed by atoms with E-state index in [0.29, 0.717) is 6.42 Å². The van der Waals surface area contributed by atoms with Crippen molar-refractivity contribution in [3.8, 4) is 5.75 Å². The number of phenolic OH excluding ortho intramolecular Hbond substituents is 1. The molecule has 3 N–H and O–H groups in total. The number of carbonyl (C=O) groups excluding carboxylic acids is 1. The molecular formula is C11H14BrNO3. The second kappa shape index (κ2) is 5.32. The first-order chi connectivity index (χ1) is 7.45. The fraction of sp³-hybridized carbons (Fsp3) is 0.364. The molecule has 1 atom stereocenters. The minimum Gasteiger partial charge on any atom is -0.508 e. The van der Waals surface area contributed by atoms with Crippen LogP contribution in [0.15, 0.2) is 12.1 Å². The fourth-order valence-electron chi connectivity index (χ4n) is 1.65. The van der Waals surface area contributed by atoms with Crippen LogP contribution in [0.3, 0.4) is 0 Å². The predicted octanol–water partition coefficient (Wildman–Crippen LogP) is 1.73. The van der Waals surface area contributed by atoms with Gasteiger partial charge in [0.25, 0.3) is 0 Å². The molecule has 16 heavy (non-hydrogen) atoms. The number of carbonyl (C=O) groups is 1. The first-order valence-electron chi connectivity index (χ1n) is 4.82. The van der Waals surface area contributed by atoms with Gasteiger partial charge >= 0.3 is 5.97 Å². The van der Waals surface area contributed by atoms with E-state index in [9.17, 15) is 9.90 Å². The maximum absolute atomic E-state index is 11.2. The second-order valence-electron chi connectivity index (χ2n) is 3.76. The van der Waals surface area contributed by atoms with Crippen LogP contribution in [0.2, 0.25) is 0 Å². The van der Waals surface area contributed by atoms with Gasteiger partial charge in [-0.2, -0.15) is 0 Å². The van der Waals surface area contributed by atoms with Gasteiger partial charge in [-0.05, 0) is 49.1 Å². The highest BCUT2D eigenvalue weighted by molar-refractivity contribution is 9.06. The molecule has 0 spiro atoms. The van der Waals surface area contributed by atoms with Crippen LogP contribution >= 0.6 is 16.3 Å². The number of rotatable bonds is 3. The Morgan fingerprint density at radius 3 is 2.44 bits per heavy atom. The van der Waals surface area contributed by atoms with Gasteiger partial charge in [-0.3, -0.25) is 0 Å². The van der Waals surface area contributed by atoms with E-state index in [-0.39, 0.29) is 5.75 Å². The second-order valence-corrected chi connectivity index (χ2v) is 4.09. The smallest absolute Gasteiger partial charge is 0.334 e. The van der Waals surface area contributed by atoms with E-state index in [1.165, 1.54) is 0 Å². The lowest BCUT2D eigenvalue weighted by molar-refractivity contribution is -0.133. The molecule has 0 amide bonds. The van der Waals surface area contributed by atoms with Crippen molar-refractivity contribution in [1.29, 1.82) is 0 Å². The van der Waals surface area contributed by atoms with Crippen LogP contribution < -0.4 is 5.73 Å². The number of aromatic hydroxyl groups is 1. The van der Waals surface area contributed by atoms with Crippen LogP contribution in [0.1, 0.15) is 16.7 Å². The van der Waals surface area contributed by atoms with E-state index >= 15 is 0 Å². The summed E-state index contributed by atoms with van der Waals surface area (Å²) in [7, 11) is 0. The fourth-order valence-corrected chi connectivity index (χ4v) is 1.89. The number of benzene rings is 1. The van der Waals surface area contributed by atoms with Gasteiger partial charge in [0.05, 0.1) is 0 Å². The van der Waals surface area contributed by atoms with Crippen molar-refractivity contribution in [2.75, 3.05) is 0 Å². The highest BCUT2D eigenvalue weighted by Gasteiger charge is 2.17. The average Bonchev–Trinajstić information content (AvgIpc) is 2.21. The van der Waals surface area contributed by atoms with Crippen molar-refractivity contribution in [3.05, 3.63) is 28.8 Å². The summed E-state index contributed by atoms with van der Waals surface area (Å²) in [6.07, 6.45) is 0.391. The summed E-state index contributed by atoms with van der Waals surface area (Å²) >= 11 is 2.61. The highest BCUT2D eigenvalue weighted by Crippen LogP contribution is 2.21. The third-order valence-corrected chi connectivity index (χ3v) is 2.80. The van der Waals surface area contributed by atoms with Crippen molar-refractivity contribution in [2.45, 2.75) is 26.3 Å². The molecule has 0 bridgehead atoms. The molecule has 0 aromatic heterocycles. The Morgan fingerprint density at radius 1 is 1.50 bits per heavy atom. The summed E-state index contributed by atoms with van der Waals surface area (Å²) in [5.74, 6) is -0.290.